The van der Waals surface area contributed by atoms with Gasteiger partial charge < -0.3 is 19.7 Å². The van der Waals surface area contributed by atoms with E-state index < -0.39 is 0 Å². The van der Waals surface area contributed by atoms with Gasteiger partial charge >= 0.3 is 6.03 Å². The summed E-state index contributed by atoms with van der Waals surface area (Å²) in [5.74, 6) is 1.53. The van der Waals surface area contributed by atoms with Gasteiger partial charge in [-0.05, 0) is 42.0 Å². The monoisotopic (exact) mass is 353 g/mol. The lowest BCUT2D eigenvalue weighted by molar-refractivity contribution is 0.185. The van der Waals surface area contributed by atoms with Gasteiger partial charge in [0.15, 0.2) is 0 Å². The Hall–Kier alpha value is -2.57. The fourth-order valence-electron chi connectivity index (χ4n) is 3.49. The van der Waals surface area contributed by atoms with Crippen LogP contribution in [0.15, 0.2) is 48.5 Å². The third kappa shape index (κ3) is 3.38. The minimum atomic E-state index is 0.0962. The third-order valence-electron chi connectivity index (χ3n) is 4.84. The summed E-state index contributed by atoms with van der Waals surface area (Å²) in [6.45, 7) is 3.83. The molecule has 2 aromatic carbocycles. The Kier molecular flexibility index (Phi) is 4.77. The Morgan fingerprint density at radius 1 is 1.08 bits per heavy atom. The second-order valence-corrected chi connectivity index (χ2v) is 6.62. The van der Waals surface area contributed by atoms with Crippen molar-refractivity contribution in [3.63, 3.8) is 0 Å². The number of fused-ring (bicyclic) bond motifs is 1. The fourth-order valence-corrected chi connectivity index (χ4v) is 3.49. The number of amides is 2. The number of urea groups is 1. The van der Waals surface area contributed by atoms with Crippen LogP contribution in [0, 0.1) is 0 Å². The van der Waals surface area contributed by atoms with E-state index >= 15 is 0 Å². The molecule has 0 unspecified atom stereocenters. The van der Waals surface area contributed by atoms with Crippen molar-refractivity contribution >= 4 is 11.7 Å². The molecule has 2 aromatic rings. The Balaban J connectivity index is 1.43. The first-order valence-corrected chi connectivity index (χ1v) is 8.89. The molecule has 4 rings (SSSR count). The summed E-state index contributed by atoms with van der Waals surface area (Å²) >= 11 is 0. The molecule has 1 N–H and O–H groups in total. The molecule has 0 aliphatic carbocycles. The van der Waals surface area contributed by atoms with Crippen molar-refractivity contribution in [2.75, 3.05) is 38.2 Å². The average Bonchev–Trinajstić information content (AvgIpc) is 3.01. The van der Waals surface area contributed by atoms with Gasteiger partial charge in [-0.1, -0.05) is 12.1 Å². The van der Waals surface area contributed by atoms with Crippen molar-refractivity contribution in [3.8, 4) is 11.5 Å². The highest BCUT2D eigenvalue weighted by Crippen LogP contribution is 2.28. The SMILES string of the molecule is COCc1ccc(Oc2ccc(N3C[C@@H]4CNCCN4C3=O)cc2)cc1. The van der Waals surface area contributed by atoms with Gasteiger partial charge in [0.25, 0.3) is 0 Å². The lowest BCUT2D eigenvalue weighted by Crippen LogP contribution is -2.49. The van der Waals surface area contributed by atoms with E-state index in [2.05, 4.69) is 5.32 Å². The van der Waals surface area contributed by atoms with E-state index in [-0.39, 0.29) is 12.1 Å². The van der Waals surface area contributed by atoms with Crippen LogP contribution in [0.25, 0.3) is 0 Å². The topological polar surface area (TPSA) is 54.0 Å². The van der Waals surface area contributed by atoms with Crippen molar-refractivity contribution < 1.29 is 14.3 Å². The van der Waals surface area contributed by atoms with Gasteiger partial charge in [-0.15, -0.1) is 0 Å². The first-order valence-electron chi connectivity index (χ1n) is 8.89. The normalized spacial score (nSPS) is 19.6. The molecule has 6 heteroatoms. The highest BCUT2D eigenvalue weighted by molar-refractivity contribution is 5.94. The third-order valence-corrected chi connectivity index (χ3v) is 4.84. The molecule has 2 fully saturated rings. The summed E-state index contributed by atoms with van der Waals surface area (Å²) in [5.41, 5.74) is 2.01. The number of piperazine rings is 1. The average molecular weight is 353 g/mol. The van der Waals surface area contributed by atoms with Gasteiger partial charge in [0.05, 0.1) is 12.6 Å². The Morgan fingerprint density at radius 2 is 1.77 bits per heavy atom. The molecule has 2 aliphatic heterocycles. The highest BCUT2D eigenvalue weighted by Gasteiger charge is 2.38. The first kappa shape index (κ1) is 16.9. The van der Waals surface area contributed by atoms with Crippen molar-refractivity contribution in [1.82, 2.24) is 10.2 Å². The molecule has 2 saturated heterocycles. The zero-order chi connectivity index (χ0) is 17.9. The van der Waals surface area contributed by atoms with E-state index in [4.69, 9.17) is 9.47 Å². The van der Waals surface area contributed by atoms with Gasteiger partial charge in [-0.2, -0.15) is 0 Å². The number of methoxy groups -OCH3 is 1. The van der Waals surface area contributed by atoms with Crippen LogP contribution >= 0.6 is 0 Å². The molecule has 0 spiro atoms. The van der Waals surface area contributed by atoms with Crippen molar-refractivity contribution in [1.29, 1.82) is 0 Å². The predicted octanol–water partition coefficient (Wildman–Crippen LogP) is 2.84. The standard InChI is InChI=1S/C20H23N3O3/c1-25-14-15-2-6-18(7-3-15)26-19-8-4-16(5-9-19)23-13-17-12-21-10-11-22(17)20(23)24/h2-9,17,21H,10-14H2,1H3/t17-/m0/s1. The molecule has 2 amide bonds. The summed E-state index contributed by atoms with van der Waals surface area (Å²) in [7, 11) is 1.68. The summed E-state index contributed by atoms with van der Waals surface area (Å²) in [4.78, 5) is 16.4. The largest absolute Gasteiger partial charge is 0.457 e. The van der Waals surface area contributed by atoms with Crippen LogP contribution < -0.4 is 15.0 Å². The summed E-state index contributed by atoms with van der Waals surface area (Å²) in [5, 5.41) is 3.35. The molecule has 1 atom stereocenters. The molecular weight excluding hydrogens is 330 g/mol. The number of benzene rings is 2. The van der Waals surface area contributed by atoms with Crippen LogP contribution in [0.3, 0.4) is 0 Å². The van der Waals surface area contributed by atoms with Crippen LogP contribution in [0.5, 0.6) is 11.5 Å². The number of carbonyl (C=O) groups excluding carboxylic acids is 1. The molecule has 136 valence electrons. The molecule has 0 radical (unpaired) electrons. The molecule has 0 bridgehead atoms. The minimum Gasteiger partial charge on any atom is -0.457 e. The quantitative estimate of drug-likeness (QED) is 0.898. The van der Waals surface area contributed by atoms with Crippen LogP contribution in [-0.4, -0.2) is 50.3 Å². The van der Waals surface area contributed by atoms with E-state index in [1.807, 2.05) is 58.3 Å². The number of rotatable bonds is 5. The van der Waals surface area contributed by atoms with Gasteiger partial charge in [0, 0.05) is 39.0 Å². The molecule has 2 aliphatic rings. The summed E-state index contributed by atoms with van der Waals surface area (Å²) in [6, 6.07) is 15.9. The molecule has 6 nitrogen and oxygen atoms in total. The number of nitrogens with zero attached hydrogens (tertiary/aromatic N) is 2. The van der Waals surface area contributed by atoms with E-state index in [1.54, 1.807) is 7.11 Å². The van der Waals surface area contributed by atoms with Crippen molar-refractivity contribution in [3.05, 3.63) is 54.1 Å². The number of nitrogens with one attached hydrogen (secondary N) is 1. The molecule has 0 saturated carbocycles. The number of hydrogen-bond acceptors (Lipinski definition) is 4. The van der Waals surface area contributed by atoms with Gasteiger partial charge in [0.2, 0.25) is 0 Å². The highest BCUT2D eigenvalue weighted by atomic mass is 16.5. The lowest BCUT2D eigenvalue weighted by atomic mass is 10.2. The second-order valence-electron chi connectivity index (χ2n) is 6.62. The van der Waals surface area contributed by atoms with Gasteiger partial charge in [0.1, 0.15) is 11.5 Å². The zero-order valence-corrected chi connectivity index (χ0v) is 14.9. The van der Waals surface area contributed by atoms with E-state index in [0.29, 0.717) is 6.61 Å². The second kappa shape index (κ2) is 7.35. The zero-order valence-electron chi connectivity index (χ0n) is 14.9. The maximum atomic E-state index is 12.6. The number of carbonyl (C=O) groups is 1. The Bertz CT molecular complexity index is 761. The minimum absolute atomic E-state index is 0.0962. The maximum absolute atomic E-state index is 12.6. The molecular formula is C20H23N3O3. The predicted molar refractivity (Wildman–Crippen MR) is 99.8 cm³/mol. The Morgan fingerprint density at radius 3 is 2.42 bits per heavy atom. The fraction of sp³-hybridized carbons (Fsp3) is 0.350. The maximum Gasteiger partial charge on any atom is 0.324 e. The summed E-state index contributed by atoms with van der Waals surface area (Å²) in [6.07, 6.45) is 0. The smallest absolute Gasteiger partial charge is 0.324 e. The van der Waals surface area contributed by atoms with E-state index in [9.17, 15) is 4.79 Å². The van der Waals surface area contributed by atoms with Crippen molar-refractivity contribution in [2.24, 2.45) is 0 Å². The Labute approximate surface area is 153 Å². The summed E-state index contributed by atoms with van der Waals surface area (Å²) < 4.78 is 11.0. The van der Waals surface area contributed by atoms with Crippen LogP contribution in [0.4, 0.5) is 10.5 Å². The molecule has 26 heavy (non-hydrogen) atoms. The number of anilines is 1. The first-order chi connectivity index (χ1) is 12.7. The van der Waals surface area contributed by atoms with Gasteiger partial charge in [-0.25, -0.2) is 4.79 Å². The van der Waals surface area contributed by atoms with Crippen molar-refractivity contribution in [2.45, 2.75) is 12.6 Å². The van der Waals surface area contributed by atoms with Crippen LogP contribution in [0.1, 0.15) is 5.56 Å². The van der Waals surface area contributed by atoms with Gasteiger partial charge in [-0.3, -0.25) is 4.90 Å². The van der Waals surface area contributed by atoms with Crippen LogP contribution in [-0.2, 0) is 11.3 Å². The lowest BCUT2D eigenvalue weighted by Gasteiger charge is -2.28. The van der Waals surface area contributed by atoms with E-state index in [1.165, 1.54) is 0 Å². The van der Waals surface area contributed by atoms with E-state index in [0.717, 1.165) is 48.9 Å². The molecule has 2 heterocycles. The van der Waals surface area contributed by atoms with Crippen LogP contribution in [0.2, 0.25) is 0 Å². The number of ether oxygens (including phenoxy) is 2. The molecule has 0 aromatic heterocycles. The number of hydrogen-bond donors (Lipinski definition) is 1.